The van der Waals surface area contributed by atoms with Gasteiger partial charge in [0.1, 0.15) is 5.60 Å². The molecule has 1 saturated carbocycles. The summed E-state index contributed by atoms with van der Waals surface area (Å²) in [6.07, 6.45) is 13.1. The molecule has 6 heteroatoms. The van der Waals surface area contributed by atoms with Gasteiger partial charge in [0.25, 0.3) is 0 Å². The molecule has 2 N–H and O–H groups in total. The second-order valence-corrected chi connectivity index (χ2v) is 11.3. The Balaban J connectivity index is 1.62. The van der Waals surface area contributed by atoms with Crippen molar-refractivity contribution in [1.82, 2.24) is 10.2 Å². The number of likely N-dealkylation sites (tertiary alicyclic amines) is 1. The van der Waals surface area contributed by atoms with Crippen LogP contribution in [0.1, 0.15) is 81.9 Å². The highest BCUT2D eigenvalue weighted by molar-refractivity contribution is 7.10. The van der Waals surface area contributed by atoms with Crippen LogP contribution in [0.3, 0.4) is 0 Å². The van der Waals surface area contributed by atoms with E-state index in [9.17, 15) is 9.90 Å². The Morgan fingerprint density at radius 3 is 2.79 bits per heavy atom. The minimum Gasteiger partial charge on any atom is -0.385 e. The number of carbonyl (C=O) groups is 1. The molecule has 1 aliphatic heterocycles. The molecule has 0 bridgehead atoms. The van der Waals surface area contributed by atoms with Crippen molar-refractivity contribution in [3.8, 4) is 0 Å². The Morgan fingerprint density at radius 2 is 2.09 bits per heavy atom. The van der Waals surface area contributed by atoms with E-state index in [0.717, 1.165) is 62.6 Å². The van der Waals surface area contributed by atoms with Gasteiger partial charge in [-0.25, -0.2) is 0 Å². The first-order valence-electron chi connectivity index (χ1n) is 13.2. The highest BCUT2D eigenvalue weighted by Gasteiger charge is 2.42. The van der Waals surface area contributed by atoms with Gasteiger partial charge < -0.3 is 20.1 Å². The monoisotopic (exact) mass is 478 g/mol. The molecule has 1 aromatic heterocycles. The molecule has 2 heterocycles. The van der Waals surface area contributed by atoms with Crippen molar-refractivity contribution < 1.29 is 14.6 Å². The van der Waals surface area contributed by atoms with Crippen molar-refractivity contribution in [1.29, 1.82) is 0 Å². The van der Waals surface area contributed by atoms with Gasteiger partial charge in [0, 0.05) is 44.0 Å². The Bertz CT molecular complexity index is 677. The third-order valence-corrected chi connectivity index (χ3v) is 8.94. The van der Waals surface area contributed by atoms with E-state index in [1.807, 2.05) is 13.1 Å². The first kappa shape index (κ1) is 26.7. The van der Waals surface area contributed by atoms with Gasteiger partial charge in [0.15, 0.2) is 0 Å². The van der Waals surface area contributed by atoms with Gasteiger partial charge in [-0.05, 0) is 75.4 Å². The fraction of sp³-hybridized carbons (Fsp3) is 0.815. The zero-order valence-electron chi connectivity index (χ0n) is 20.9. The third-order valence-electron chi connectivity index (χ3n) is 7.90. The summed E-state index contributed by atoms with van der Waals surface area (Å²) in [6.45, 7) is 3.14. The van der Waals surface area contributed by atoms with E-state index in [0.29, 0.717) is 18.9 Å². The molecule has 1 amide bonds. The summed E-state index contributed by atoms with van der Waals surface area (Å²) in [7, 11) is 3.73. The van der Waals surface area contributed by atoms with E-state index in [1.54, 1.807) is 18.4 Å². The van der Waals surface area contributed by atoms with E-state index >= 15 is 0 Å². The van der Waals surface area contributed by atoms with Gasteiger partial charge in [0.2, 0.25) is 5.91 Å². The number of methoxy groups -OCH3 is 1. The number of nitrogens with one attached hydrogen (secondary N) is 1. The lowest BCUT2D eigenvalue weighted by Crippen LogP contribution is -2.48. The lowest BCUT2D eigenvalue weighted by Gasteiger charge is -2.42. The van der Waals surface area contributed by atoms with Gasteiger partial charge in [-0.2, -0.15) is 0 Å². The minimum atomic E-state index is -0.854. The standard InChI is InChI=1S/C27H46N2O3S/c1-28-20-23(18-22-10-4-3-5-11-22)19-26(30)29-15-8-12-24(21-29)27(31,14-6-7-16-32-2)25-13-9-17-33-25/h9,13,17,22-24,28,31H,3-8,10-12,14-16,18-21H2,1-2H3/t23-,24-,27+/m1/s1. The van der Waals surface area contributed by atoms with Crippen LogP contribution in [0.15, 0.2) is 17.5 Å². The maximum Gasteiger partial charge on any atom is 0.222 e. The SMILES string of the molecule is CNC[C@@H](CC(=O)N1CCC[C@@H]([C@@](O)(CCCCOC)c2cccs2)C1)CC1CCCCC1. The zero-order chi connectivity index (χ0) is 23.5. The summed E-state index contributed by atoms with van der Waals surface area (Å²) < 4.78 is 5.22. The molecule has 0 unspecified atom stereocenters. The fourth-order valence-corrected chi connectivity index (χ4v) is 7.02. The number of rotatable bonds is 13. The number of carbonyl (C=O) groups excluding carboxylic acids is 1. The van der Waals surface area contributed by atoms with Crippen LogP contribution in [0, 0.1) is 17.8 Å². The largest absolute Gasteiger partial charge is 0.385 e. The molecule has 3 atom stereocenters. The minimum absolute atomic E-state index is 0.0949. The van der Waals surface area contributed by atoms with Crippen molar-refractivity contribution in [3.05, 3.63) is 22.4 Å². The van der Waals surface area contributed by atoms with E-state index in [2.05, 4.69) is 21.7 Å². The first-order valence-corrected chi connectivity index (χ1v) is 14.1. The Morgan fingerprint density at radius 1 is 1.27 bits per heavy atom. The molecular weight excluding hydrogens is 432 g/mol. The van der Waals surface area contributed by atoms with Crippen LogP contribution in [0.25, 0.3) is 0 Å². The summed E-state index contributed by atoms with van der Waals surface area (Å²) in [5.41, 5.74) is -0.854. The zero-order valence-corrected chi connectivity index (χ0v) is 21.7. The van der Waals surface area contributed by atoms with Gasteiger partial charge in [0.05, 0.1) is 0 Å². The quantitative estimate of drug-likeness (QED) is 0.383. The highest BCUT2D eigenvalue weighted by Crippen LogP contribution is 2.42. The van der Waals surface area contributed by atoms with Crippen LogP contribution in [-0.4, -0.2) is 56.3 Å². The molecule has 2 fully saturated rings. The van der Waals surface area contributed by atoms with Crippen LogP contribution in [0.2, 0.25) is 0 Å². The van der Waals surface area contributed by atoms with E-state index in [-0.39, 0.29) is 11.8 Å². The molecule has 1 aromatic rings. The average molecular weight is 479 g/mol. The van der Waals surface area contributed by atoms with Gasteiger partial charge in [-0.1, -0.05) is 38.2 Å². The van der Waals surface area contributed by atoms with Crippen molar-refractivity contribution in [2.24, 2.45) is 17.8 Å². The summed E-state index contributed by atoms with van der Waals surface area (Å²) in [5, 5.41) is 17.3. The molecule has 5 nitrogen and oxygen atoms in total. The maximum absolute atomic E-state index is 13.4. The Kier molecular flexibility index (Phi) is 11.2. The predicted molar refractivity (Wildman–Crippen MR) is 136 cm³/mol. The molecule has 188 valence electrons. The van der Waals surface area contributed by atoms with Crippen molar-refractivity contribution in [3.63, 3.8) is 0 Å². The van der Waals surface area contributed by atoms with Gasteiger partial charge >= 0.3 is 0 Å². The number of hydrogen-bond acceptors (Lipinski definition) is 5. The summed E-state index contributed by atoms with van der Waals surface area (Å²) in [5.74, 6) is 1.58. The van der Waals surface area contributed by atoms with Crippen LogP contribution in [-0.2, 0) is 15.1 Å². The van der Waals surface area contributed by atoms with E-state index in [4.69, 9.17) is 4.74 Å². The molecular formula is C27H46N2O3S. The third kappa shape index (κ3) is 7.78. The van der Waals surface area contributed by atoms with Crippen molar-refractivity contribution in [2.75, 3.05) is 40.4 Å². The second-order valence-electron chi connectivity index (χ2n) is 10.4. The van der Waals surface area contributed by atoms with Gasteiger partial charge in [-0.15, -0.1) is 11.3 Å². The number of unbranched alkanes of at least 4 members (excludes halogenated alkanes) is 1. The van der Waals surface area contributed by atoms with Crippen molar-refractivity contribution >= 4 is 17.2 Å². The molecule has 0 radical (unpaired) electrons. The van der Waals surface area contributed by atoms with Crippen LogP contribution < -0.4 is 5.32 Å². The predicted octanol–water partition coefficient (Wildman–Crippen LogP) is 5.19. The lowest BCUT2D eigenvalue weighted by atomic mass is 9.77. The number of ether oxygens (including phenoxy) is 1. The highest BCUT2D eigenvalue weighted by atomic mass is 32.1. The topological polar surface area (TPSA) is 61.8 Å². The number of amides is 1. The molecule has 0 spiro atoms. The number of aliphatic hydroxyl groups is 1. The summed E-state index contributed by atoms with van der Waals surface area (Å²) >= 11 is 1.64. The molecule has 1 aliphatic carbocycles. The second kappa shape index (κ2) is 13.8. The number of hydrogen-bond donors (Lipinski definition) is 2. The lowest BCUT2D eigenvalue weighted by molar-refractivity contribution is -0.137. The van der Waals surface area contributed by atoms with Crippen LogP contribution in [0.4, 0.5) is 0 Å². The number of nitrogens with zero attached hydrogens (tertiary/aromatic N) is 1. The first-order chi connectivity index (χ1) is 16.1. The van der Waals surface area contributed by atoms with Gasteiger partial charge in [-0.3, -0.25) is 4.79 Å². The van der Waals surface area contributed by atoms with E-state index < -0.39 is 5.60 Å². The van der Waals surface area contributed by atoms with Crippen molar-refractivity contribution in [2.45, 2.75) is 82.7 Å². The maximum atomic E-state index is 13.4. The molecule has 2 aliphatic rings. The molecule has 0 aromatic carbocycles. The van der Waals surface area contributed by atoms with E-state index in [1.165, 1.54) is 38.5 Å². The molecule has 1 saturated heterocycles. The molecule has 33 heavy (non-hydrogen) atoms. The normalized spacial score (nSPS) is 22.8. The van der Waals surface area contributed by atoms with Crippen LogP contribution in [0.5, 0.6) is 0 Å². The Labute approximate surface area is 205 Å². The average Bonchev–Trinajstić information content (AvgIpc) is 3.38. The summed E-state index contributed by atoms with van der Waals surface area (Å²) in [6, 6.07) is 4.09. The molecule has 3 rings (SSSR count). The number of thiophene rings is 1. The fourth-order valence-electron chi connectivity index (χ4n) is 6.09. The van der Waals surface area contributed by atoms with Crippen LogP contribution >= 0.6 is 11.3 Å². The Hall–Kier alpha value is -0.950. The smallest absolute Gasteiger partial charge is 0.222 e. The summed E-state index contributed by atoms with van der Waals surface area (Å²) in [4.78, 5) is 16.5. The number of piperidine rings is 1.